The predicted octanol–water partition coefficient (Wildman–Crippen LogP) is 2.57. The lowest BCUT2D eigenvalue weighted by atomic mass is 9.98. The highest BCUT2D eigenvalue weighted by molar-refractivity contribution is 6.32. The number of hydrogen-bond acceptors (Lipinski definition) is 5. The van der Waals surface area contributed by atoms with E-state index in [0.717, 1.165) is 31.5 Å². The molecule has 1 aromatic rings. The number of nitrogens with one attached hydrogen (secondary N) is 1. The van der Waals surface area contributed by atoms with Gasteiger partial charge in [-0.2, -0.15) is 0 Å². The molecule has 0 spiro atoms. The van der Waals surface area contributed by atoms with Gasteiger partial charge in [-0.05, 0) is 51.3 Å². The van der Waals surface area contributed by atoms with Crippen LogP contribution in [0, 0.1) is 0 Å². The summed E-state index contributed by atoms with van der Waals surface area (Å²) in [5.41, 5.74) is 6.36. The van der Waals surface area contributed by atoms with Crippen molar-refractivity contribution in [1.82, 2.24) is 10.2 Å². The standard InChI is InChI=1S/C19H30ClN3O3/c1-19(2,3)23-7-5-14(6-8-23)22-11-13-9-15(20)18(16(10-13)25-4)26-12-17(21)24/h9-10,14,22H,5-8,11-12H2,1-4H3,(H2,21,24). The molecule has 3 N–H and O–H groups in total. The van der Waals surface area contributed by atoms with Gasteiger partial charge in [0.1, 0.15) is 0 Å². The van der Waals surface area contributed by atoms with Crippen molar-refractivity contribution in [1.29, 1.82) is 0 Å². The van der Waals surface area contributed by atoms with Crippen molar-refractivity contribution in [2.75, 3.05) is 26.8 Å². The Kier molecular flexibility index (Phi) is 7.15. The summed E-state index contributed by atoms with van der Waals surface area (Å²) in [7, 11) is 1.54. The first kappa shape index (κ1) is 20.8. The Hall–Kier alpha value is -1.50. The summed E-state index contributed by atoms with van der Waals surface area (Å²) in [6, 6.07) is 4.20. The van der Waals surface area contributed by atoms with Crippen LogP contribution in [0.15, 0.2) is 12.1 Å². The van der Waals surface area contributed by atoms with Crippen LogP contribution in [0.3, 0.4) is 0 Å². The number of hydrogen-bond donors (Lipinski definition) is 2. The molecular formula is C19H30ClN3O3. The first-order valence-electron chi connectivity index (χ1n) is 8.96. The molecule has 0 saturated carbocycles. The van der Waals surface area contributed by atoms with Crippen LogP contribution in [-0.2, 0) is 11.3 Å². The third-order valence-corrected chi connectivity index (χ3v) is 4.97. The molecule has 1 aromatic carbocycles. The second-order valence-electron chi connectivity index (χ2n) is 7.68. The maximum Gasteiger partial charge on any atom is 0.255 e. The Morgan fingerprint density at radius 2 is 2.00 bits per heavy atom. The number of primary amides is 1. The van der Waals surface area contributed by atoms with Gasteiger partial charge in [0.15, 0.2) is 18.1 Å². The number of methoxy groups -OCH3 is 1. The Morgan fingerprint density at radius 3 is 2.54 bits per heavy atom. The SMILES string of the molecule is COc1cc(CNC2CCN(C(C)(C)C)CC2)cc(Cl)c1OCC(N)=O. The van der Waals surface area contributed by atoms with E-state index < -0.39 is 5.91 Å². The van der Waals surface area contributed by atoms with Crippen molar-refractivity contribution >= 4 is 17.5 Å². The monoisotopic (exact) mass is 383 g/mol. The number of carbonyl (C=O) groups excluding carboxylic acids is 1. The first-order chi connectivity index (χ1) is 12.2. The predicted molar refractivity (Wildman–Crippen MR) is 104 cm³/mol. The molecule has 1 heterocycles. The van der Waals surface area contributed by atoms with Gasteiger partial charge in [0.2, 0.25) is 0 Å². The number of amides is 1. The third kappa shape index (κ3) is 5.76. The van der Waals surface area contributed by atoms with Gasteiger partial charge in [-0.25, -0.2) is 0 Å². The molecule has 7 heteroatoms. The highest BCUT2D eigenvalue weighted by atomic mass is 35.5. The van der Waals surface area contributed by atoms with Crippen LogP contribution in [0.25, 0.3) is 0 Å². The fourth-order valence-corrected chi connectivity index (χ4v) is 3.46. The molecule has 146 valence electrons. The maximum absolute atomic E-state index is 10.9. The molecule has 0 atom stereocenters. The van der Waals surface area contributed by atoms with E-state index in [4.69, 9.17) is 26.8 Å². The van der Waals surface area contributed by atoms with Crippen molar-refractivity contribution in [2.45, 2.75) is 51.7 Å². The number of rotatable bonds is 7. The number of ether oxygens (including phenoxy) is 2. The molecule has 0 bridgehead atoms. The lowest BCUT2D eigenvalue weighted by molar-refractivity contribution is -0.119. The fraction of sp³-hybridized carbons (Fsp3) is 0.632. The zero-order valence-electron chi connectivity index (χ0n) is 16.1. The Morgan fingerprint density at radius 1 is 1.35 bits per heavy atom. The lowest BCUT2D eigenvalue weighted by Crippen LogP contribution is -2.49. The molecule has 1 aliphatic rings. The van der Waals surface area contributed by atoms with E-state index in [0.29, 0.717) is 29.1 Å². The van der Waals surface area contributed by atoms with E-state index in [2.05, 4.69) is 31.0 Å². The molecule has 0 unspecified atom stereocenters. The molecule has 0 radical (unpaired) electrons. The number of nitrogens with zero attached hydrogens (tertiary/aromatic N) is 1. The lowest BCUT2D eigenvalue weighted by Gasteiger charge is -2.41. The van der Waals surface area contributed by atoms with E-state index in [1.165, 1.54) is 0 Å². The molecule has 1 aliphatic heterocycles. The van der Waals surface area contributed by atoms with Crippen molar-refractivity contribution < 1.29 is 14.3 Å². The normalized spacial score (nSPS) is 16.5. The van der Waals surface area contributed by atoms with E-state index in [9.17, 15) is 4.79 Å². The van der Waals surface area contributed by atoms with E-state index in [1.54, 1.807) is 7.11 Å². The van der Waals surface area contributed by atoms with E-state index >= 15 is 0 Å². The summed E-state index contributed by atoms with van der Waals surface area (Å²) in [5.74, 6) is 0.281. The van der Waals surface area contributed by atoms with Gasteiger partial charge in [-0.1, -0.05) is 11.6 Å². The average Bonchev–Trinajstić information content (AvgIpc) is 2.58. The Labute approximate surface area is 161 Å². The van der Waals surface area contributed by atoms with Gasteiger partial charge in [0, 0.05) is 31.2 Å². The van der Waals surface area contributed by atoms with Gasteiger partial charge in [-0.3, -0.25) is 9.69 Å². The zero-order chi connectivity index (χ0) is 19.3. The van der Waals surface area contributed by atoms with Crippen molar-refractivity contribution in [3.8, 4) is 11.5 Å². The van der Waals surface area contributed by atoms with Crippen LogP contribution >= 0.6 is 11.6 Å². The summed E-state index contributed by atoms with van der Waals surface area (Å²) < 4.78 is 10.7. The minimum absolute atomic E-state index is 0.229. The van der Waals surface area contributed by atoms with Crippen molar-refractivity contribution in [2.24, 2.45) is 5.73 Å². The number of benzene rings is 1. The summed E-state index contributed by atoms with van der Waals surface area (Å²) >= 11 is 6.30. The molecular weight excluding hydrogens is 354 g/mol. The van der Waals surface area contributed by atoms with Crippen LogP contribution < -0.4 is 20.5 Å². The topological polar surface area (TPSA) is 76.8 Å². The Balaban J connectivity index is 1.94. The molecule has 1 saturated heterocycles. The summed E-state index contributed by atoms with van der Waals surface area (Å²) in [4.78, 5) is 13.4. The molecule has 1 fully saturated rings. The van der Waals surface area contributed by atoms with Crippen LogP contribution in [0.4, 0.5) is 0 Å². The summed E-state index contributed by atoms with van der Waals surface area (Å²) in [5, 5.41) is 4.01. The number of piperidine rings is 1. The number of carbonyl (C=O) groups is 1. The van der Waals surface area contributed by atoms with E-state index in [-0.39, 0.29) is 12.1 Å². The highest BCUT2D eigenvalue weighted by Gasteiger charge is 2.26. The first-order valence-corrected chi connectivity index (χ1v) is 9.34. The van der Waals surface area contributed by atoms with Crippen LogP contribution in [0.2, 0.25) is 5.02 Å². The summed E-state index contributed by atoms with van der Waals surface area (Å²) in [6.07, 6.45) is 2.25. The molecule has 26 heavy (non-hydrogen) atoms. The van der Waals surface area contributed by atoms with Crippen LogP contribution in [0.1, 0.15) is 39.2 Å². The van der Waals surface area contributed by atoms with E-state index in [1.807, 2.05) is 12.1 Å². The second-order valence-corrected chi connectivity index (χ2v) is 8.08. The van der Waals surface area contributed by atoms with Gasteiger partial charge in [0.25, 0.3) is 5.91 Å². The third-order valence-electron chi connectivity index (χ3n) is 4.69. The average molecular weight is 384 g/mol. The molecule has 6 nitrogen and oxygen atoms in total. The number of nitrogens with two attached hydrogens (primary N) is 1. The molecule has 2 rings (SSSR count). The maximum atomic E-state index is 10.9. The van der Waals surface area contributed by atoms with Crippen LogP contribution in [0.5, 0.6) is 11.5 Å². The Bertz CT molecular complexity index is 623. The second kappa shape index (κ2) is 8.93. The summed E-state index contributed by atoms with van der Waals surface area (Å²) in [6.45, 7) is 9.45. The quantitative estimate of drug-likeness (QED) is 0.756. The minimum Gasteiger partial charge on any atom is -0.493 e. The largest absolute Gasteiger partial charge is 0.493 e. The highest BCUT2D eigenvalue weighted by Crippen LogP contribution is 2.36. The van der Waals surface area contributed by atoms with Gasteiger partial charge in [-0.15, -0.1) is 0 Å². The van der Waals surface area contributed by atoms with Crippen molar-refractivity contribution in [3.05, 3.63) is 22.7 Å². The number of halogens is 1. The minimum atomic E-state index is -0.560. The molecule has 1 amide bonds. The van der Waals surface area contributed by atoms with Crippen LogP contribution in [-0.4, -0.2) is 49.2 Å². The molecule has 0 aliphatic carbocycles. The molecule has 0 aromatic heterocycles. The zero-order valence-corrected chi connectivity index (χ0v) is 16.9. The van der Waals surface area contributed by atoms with Gasteiger partial charge in [0.05, 0.1) is 12.1 Å². The smallest absolute Gasteiger partial charge is 0.255 e. The van der Waals surface area contributed by atoms with Crippen molar-refractivity contribution in [3.63, 3.8) is 0 Å². The van der Waals surface area contributed by atoms with Gasteiger partial charge >= 0.3 is 0 Å². The fourth-order valence-electron chi connectivity index (χ4n) is 3.18. The number of likely N-dealkylation sites (tertiary alicyclic amines) is 1. The van der Waals surface area contributed by atoms with Gasteiger partial charge < -0.3 is 20.5 Å².